The number of carbonyl (C=O) groups excluding carboxylic acids is 1. The molecular formula is C26H27N3O. The zero-order chi connectivity index (χ0) is 20.3. The fourth-order valence-corrected chi connectivity index (χ4v) is 4.85. The average molecular weight is 398 g/mol. The van der Waals surface area contributed by atoms with Gasteiger partial charge in [-0.25, -0.2) is 0 Å². The number of anilines is 2. The van der Waals surface area contributed by atoms with Gasteiger partial charge in [0.1, 0.15) is 0 Å². The Morgan fingerprint density at radius 3 is 2.37 bits per heavy atom. The summed E-state index contributed by atoms with van der Waals surface area (Å²) in [5, 5.41) is 3.20. The summed E-state index contributed by atoms with van der Waals surface area (Å²) in [4.78, 5) is 18.2. The Bertz CT molecular complexity index is 1010. The third-order valence-corrected chi connectivity index (χ3v) is 6.39. The van der Waals surface area contributed by atoms with Crippen molar-refractivity contribution < 1.29 is 4.79 Å². The summed E-state index contributed by atoms with van der Waals surface area (Å²) in [6, 6.07) is 29.4. The van der Waals surface area contributed by atoms with Crippen LogP contribution in [0.1, 0.15) is 11.1 Å². The normalized spacial score (nSPS) is 20.3. The molecule has 2 aliphatic heterocycles. The molecule has 0 aromatic heterocycles. The third kappa shape index (κ3) is 3.65. The monoisotopic (exact) mass is 397 g/mol. The quantitative estimate of drug-likeness (QED) is 0.726. The smallest absolute Gasteiger partial charge is 0.225 e. The minimum absolute atomic E-state index is 0.0601. The molecule has 152 valence electrons. The Balaban J connectivity index is 1.39. The Morgan fingerprint density at radius 2 is 1.57 bits per heavy atom. The second-order valence-corrected chi connectivity index (χ2v) is 8.19. The van der Waals surface area contributed by atoms with E-state index in [0.29, 0.717) is 6.54 Å². The van der Waals surface area contributed by atoms with Crippen LogP contribution in [0.4, 0.5) is 11.4 Å². The minimum Gasteiger partial charge on any atom is -0.368 e. The van der Waals surface area contributed by atoms with E-state index in [-0.39, 0.29) is 17.9 Å². The lowest BCUT2D eigenvalue weighted by Gasteiger charge is -2.49. The van der Waals surface area contributed by atoms with Crippen molar-refractivity contribution in [3.63, 3.8) is 0 Å². The Labute approximate surface area is 178 Å². The van der Waals surface area contributed by atoms with Gasteiger partial charge in [-0.2, -0.15) is 0 Å². The number of benzene rings is 3. The molecule has 5 rings (SSSR count). The minimum atomic E-state index is -0.0601. The highest BCUT2D eigenvalue weighted by Crippen LogP contribution is 2.36. The zero-order valence-corrected chi connectivity index (χ0v) is 17.1. The second kappa shape index (κ2) is 8.23. The number of amides is 1. The van der Waals surface area contributed by atoms with Gasteiger partial charge in [-0.15, -0.1) is 0 Å². The van der Waals surface area contributed by atoms with Crippen molar-refractivity contribution in [3.8, 4) is 0 Å². The van der Waals surface area contributed by atoms with Gasteiger partial charge < -0.3 is 15.1 Å². The first-order valence-electron chi connectivity index (χ1n) is 10.8. The van der Waals surface area contributed by atoms with E-state index in [1.165, 1.54) is 16.9 Å². The Hall–Kier alpha value is -3.27. The highest BCUT2D eigenvalue weighted by molar-refractivity contribution is 5.82. The lowest BCUT2D eigenvalue weighted by molar-refractivity contribution is -0.126. The molecular weight excluding hydrogens is 370 g/mol. The van der Waals surface area contributed by atoms with Crippen LogP contribution in [0, 0.1) is 5.92 Å². The standard InChI is InChI=1S/C26H27N3O/c30-26(27-18-20-9-3-1-4-10-20)23-17-21-11-7-8-14-24(21)29-16-15-28(19-25(23)29)22-12-5-2-6-13-22/h1-14,23,25H,15-19H2,(H,27,30)/t23-,25+/m0/s1. The predicted octanol–water partition coefficient (Wildman–Crippen LogP) is 3.87. The maximum absolute atomic E-state index is 13.3. The number of rotatable bonds is 4. The molecule has 0 spiro atoms. The van der Waals surface area contributed by atoms with E-state index in [4.69, 9.17) is 0 Å². The van der Waals surface area contributed by atoms with Gasteiger partial charge in [-0.3, -0.25) is 4.79 Å². The molecule has 1 N–H and O–H groups in total. The van der Waals surface area contributed by atoms with Crippen LogP contribution in [0.25, 0.3) is 0 Å². The van der Waals surface area contributed by atoms with Crippen molar-refractivity contribution in [1.82, 2.24) is 5.32 Å². The van der Waals surface area contributed by atoms with E-state index in [0.717, 1.165) is 31.6 Å². The van der Waals surface area contributed by atoms with Gasteiger partial charge in [-0.1, -0.05) is 66.7 Å². The number of piperazine rings is 1. The van der Waals surface area contributed by atoms with Crippen molar-refractivity contribution in [2.45, 2.75) is 19.0 Å². The number of hydrogen-bond donors (Lipinski definition) is 1. The van der Waals surface area contributed by atoms with Crippen molar-refractivity contribution in [2.75, 3.05) is 29.4 Å². The van der Waals surface area contributed by atoms with Crippen LogP contribution in [0.2, 0.25) is 0 Å². The van der Waals surface area contributed by atoms with Crippen LogP contribution >= 0.6 is 0 Å². The van der Waals surface area contributed by atoms with Crippen molar-refractivity contribution >= 4 is 17.3 Å². The number of fused-ring (bicyclic) bond motifs is 3. The summed E-state index contributed by atoms with van der Waals surface area (Å²) in [7, 11) is 0. The average Bonchev–Trinajstić information content (AvgIpc) is 2.83. The Kier molecular flexibility index (Phi) is 5.14. The number of para-hydroxylation sites is 2. The molecule has 0 bridgehead atoms. The molecule has 3 aromatic rings. The summed E-state index contributed by atoms with van der Waals surface area (Å²) >= 11 is 0. The topological polar surface area (TPSA) is 35.6 Å². The van der Waals surface area contributed by atoms with Crippen LogP contribution in [0.15, 0.2) is 84.9 Å². The number of carbonyl (C=O) groups is 1. The van der Waals surface area contributed by atoms with Gasteiger partial charge in [-0.05, 0) is 35.7 Å². The van der Waals surface area contributed by atoms with Crippen molar-refractivity contribution in [3.05, 3.63) is 96.1 Å². The summed E-state index contributed by atoms with van der Waals surface area (Å²) < 4.78 is 0. The molecule has 0 saturated carbocycles. The van der Waals surface area contributed by atoms with Gasteiger partial charge >= 0.3 is 0 Å². The van der Waals surface area contributed by atoms with Crippen LogP contribution < -0.4 is 15.1 Å². The molecule has 0 aliphatic carbocycles. The molecule has 2 atom stereocenters. The molecule has 1 saturated heterocycles. The van der Waals surface area contributed by atoms with E-state index in [2.05, 4.69) is 81.8 Å². The van der Waals surface area contributed by atoms with Crippen LogP contribution in [-0.2, 0) is 17.8 Å². The lowest BCUT2D eigenvalue weighted by Crippen LogP contribution is -2.61. The SMILES string of the molecule is O=C(NCc1ccccc1)[C@H]1Cc2ccccc2N2CCN(c3ccccc3)C[C@H]12. The fourth-order valence-electron chi connectivity index (χ4n) is 4.85. The molecule has 0 radical (unpaired) electrons. The Morgan fingerprint density at radius 1 is 0.867 bits per heavy atom. The zero-order valence-electron chi connectivity index (χ0n) is 17.1. The highest BCUT2D eigenvalue weighted by atomic mass is 16.1. The highest BCUT2D eigenvalue weighted by Gasteiger charge is 2.41. The van der Waals surface area contributed by atoms with Gasteiger partial charge in [0, 0.05) is 37.6 Å². The first-order chi connectivity index (χ1) is 14.8. The number of nitrogens with one attached hydrogen (secondary N) is 1. The van der Waals surface area contributed by atoms with Gasteiger partial charge in [0.2, 0.25) is 5.91 Å². The van der Waals surface area contributed by atoms with Crippen LogP contribution in [0.3, 0.4) is 0 Å². The van der Waals surface area contributed by atoms with Gasteiger partial charge in [0.25, 0.3) is 0 Å². The maximum atomic E-state index is 13.3. The lowest BCUT2D eigenvalue weighted by atomic mass is 9.83. The first kappa shape index (κ1) is 18.7. The summed E-state index contributed by atoms with van der Waals surface area (Å²) in [5.74, 6) is 0.0911. The fraction of sp³-hybridized carbons (Fsp3) is 0.269. The molecule has 0 unspecified atom stereocenters. The van der Waals surface area contributed by atoms with Crippen LogP contribution in [-0.4, -0.2) is 31.6 Å². The van der Waals surface area contributed by atoms with E-state index in [1.54, 1.807) is 0 Å². The molecule has 30 heavy (non-hydrogen) atoms. The van der Waals surface area contributed by atoms with E-state index in [1.807, 2.05) is 18.2 Å². The van der Waals surface area contributed by atoms with E-state index in [9.17, 15) is 4.79 Å². The number of nitrogens with zero attached hydrogens (tertiary/aromatic N) is 2. The summed E-state index contributed by atoms with van der Waals surface area (Å²) in [6.07, 6.45) is 0.792. The molecule has 2 aliphatic rings. The van der Waals surface area contributed by atoms with Crippen molar-refractivity contribution in [1.29, 1.82) is 0 Å². The largest absolute Gasteiger partial charge is 0.368 e. The predicted molar refractivity (Wildman–Crippen MR) is 122 cm³/mol. The van der Waals surface area contributed by atoms with E-state index < -0.39 is 0 Å². The summed E-state index contributed by atoms with van der Waals surface area (Å²) in [6.45, 7) is 3.33. The summed E-state index contributed by atoms with van der Waals surface area (Å²) in [5.41, 5.74) is 4.94. The van der Waals surface area contributed by atoms with E-state index >= 15 is 0 Å². The number of hydrogen-bond acceptors (Lipinski definition) is 3. The van der Waals surface area contributed by atoms with Gasteiger partial charge in [0.15, 0.2) is 0 Å². The molecule has 1 amide bonds. The maximum Gasteiger partial charge on any atom is 0.225 e. The molecule has 1 fully saturated rings. The van der Waals surface area contributed by atoms with Gasteiger partial charge in [0.05, 0.1) is 12.0 Å². The molecule has 3 aromatic carbocycles. The third-order valence-electron chi connectivity index (χ3n) is 6.39. The molecule has 2 heterocycles. The second-order valence-electron chi connectivity index (χ2n) is 8.19. The molecule has 4 nitrogen and oxygen atoms in total. The first-order valence-corrected chi connectivity index (χ1v) is 10.8. The van der Waals surface area contributed by atoms with Crippen LogP contribution in [0.5, 0.6) is 0 Å². The van der Waals surface area contributed by atoms with Crippen molar-refractivity contribution in [2.24, 2.45) is 5.92 Å². The molecule has 4 heteroatoms.